The summed E-state index contributed by atoms with van der Waals surface area (Å²) in [7, 11) is 0. The molecule has 2 N–H and O–H groups in total. The topological polar surface area (TPSA) is 78.5 Å². The summed E-state index contributed by atoms with van der Waals surface area (Å²) < 4.78 is 41.8. The number of carbonyl (C=O) groups is 3. The second-order valence-corrected chi connectivity index (χ2v) is 6.99. The van der Waals surface area contributed by atoms with Crippen molar-refractivity contribution >= 4 is 35.1 Å². The van der Waals surface area contributed by atoms with Gasteiger partial charge in [0.2, 0.25) is 0 Å². The molecule has 29 heavy (non-hydrogen) atoms. The average Bonchev–Trinajstić information content (AvgIpc) is 2.88. The number of nitrogens with one attached hydrogen (secondary N) is 2. The lowest BCUT2D eigenvalue weighted by Crippen LogP contribution is -2.69. The molecule has 3 rings (SSSR count). The van der Waals surface area contributed by atoms with Crippen molar-refractivity contribution in [2.75, 3.05) is 4.90 Å². The molecule has 0 bridgehead atoms. The molecule has 1 heterocycles. The average molecular weight is 426 g/mol. The molecule has 4 amide bonds. The van der Waals surface area contributed by atoms with E-state index in [9.17, 15) is 27.6 Å². The molecule has 0 radical (unpaired) electrons. The van der Waals surface area contributed by atoms with Gasteiger partial charge in [0, 0.05) is 10.6 Å². The number of rotatable bonds is 3. The number of halogens is 4. The number of urea groups is 1. The minimum atomic E-state index is -5.30. The van der Waals surface area contributed by atoms with Gasteiger partial charge in [-0.1, -0.05) is 23.7 Å². The number of nitrogens with zero attached hydrogens (tertiary/aromatic N) is 1. The minimum Gasteiger partial charge on any atom is -0.314 e. The van der Waals surface area contributed by atoms with Gasteiger partial charge in [-0.15, -0.1) is 0 Å². The van der Waals surface area contributed by atoms with Crippen molar-refractivity contribution in [3.05, 3.63) is 64.2 Å². The van der Waals surface area contributed by atoms with E-state index in [0.717, 1.165) is 11.6 Å². The Morgan fingerprint density at radius 2 is 1.79 bits per heavy atom. The molecular formula is C19H15ClF3N3O3. The van der Waals surface area contributed by atoms with Gasteiger partial charge < -0.3 is 5.32 Å². The smallest absolute Gasteiger partial charge is 0.314 e. The number of benzene rings is 2. The molecule has 0 spiro atoms. The fraction of sp³-hybridized carbons (Fsp3) is 0.211. The summed E-state index contributed by atoms with van der Waals surface area (Å²) in [6, 6.07) is 8.21. The van der Waals surface area contributed by atoms with E-state index in [4.69, 9.17) is 11.6 Å². The molecule has 6 nitrogen and oxygen atoms in total. The van der Waals surface area contributed by atoms with Crippen molar-refractivity contribution < 1.29 is 27.6 Å². The Morgan fingerprint density at radius 1 is 1.10 bits per heavy atom. The van der Waals surface area contributed by atoms with Crippen LogP contribution in [0.25, 0.3) is 0 Å². The largest absolute Gasteiger partial charge is 0.440 e. The summed E-state index contributed by atoms with van der Waals surface area (Å²) in [5.74, 6) is -2.88. The van der Waals surface area contributed by atoms with Crippen molar-refractivity contribution in [2.24, 2.45) is 0 Å². The van der Waals surface area contributed by atoms with Crippen LogP contribution in [0.1, 0.15) is 21.5 Å². The summed E-state index contributed by atoms with van der Waals surface area (Å²) in [5, 5.41) is 3.36. The van der Waals surface area contributed by atoms with Gasteiger partial charge in [0.25, 0.3) is 17.5 Å². The number of anilines is 1. The zero-order valence-corrected chi connectivity index (χ0v) is 16.0. The maximum Gasteiger partial charge on any atom is 0.440 e. The van der Waals surface area contributed by atoms with Gasteiger partial charge in [0.1, 0.15) is 0 Å². The molecular weight excluding hydrogens is 411 g/mol. The van der Waals surface area contributed by atoms with E-state index in [1.807, 2.05) is 0 Å². The number of imide groups is 1. The van der Waals surface area contributed by atoms with Crippen LogP contribution in [-0.4, -0.2) is 29.7 Å². The van der Waals surface area contributed by atoms with Crippen molar-refractivity contribution in [3.63, 3.8) is 0 Å². The maximum atomic E-state index is 13.9. The highest BCUT2D eigenvalue weighted by Gasteiger charge is 2.69. The summed E-state index contributed by atoms with van der Waals surface area (Å²) in [5.41, 5.74) is -2.35. The number of alkyl halides is 3. The van der Waals surface area contributed by atoms with Gasteiger partial charge in [0.15, 0.2) is 0 Å². The fourth-order valence-corrected chi connectivity index (χ4v) is 3.04. The van der Waals surface area contributed by atoms with E-state index in [0.29, 0.717) is 10.5 Å². The lowest BCUT2D eigenvalue weighted by atomic mass is 10.1. The number of carbonyl (C=O) groups excluding carboxylic acids is 3. The normalized spacial score (nSPS) is 19.3. The first kappa shape index (κ1) is 20.7. The standard InChI is InChI=1S/C19H15ClF3N3O3/c1-10-6-7-14(8-11(10)2)26-16(28)18(19(21,22)23,25-17(26)29)24-15(27)12-4-3-5-13(20)9-12/h3-9H,1-2H3,(H,24,27)(H,25,29)/t18-/m0/s1. The number of hydrogen-bond donors (Lipinski definition) is 2. The maximum absolute atomic E-state index is 13.9. The Labute approximate surface area is 168 Å². The molecule has 1 aliphatic heterocycles. The van der Waals surface area contributed by atoms with Crippen LogP contribution < -0.4 is 15.5 Å². The molecule has 1 aliphatic rings. The van der Waals surface area contributed by atoms with Crippen LogP contribution >= 0.6 is 11.6 Å². The quantitative estimate of drug-likeness (QED) is 0.736. The van der Waals surface area contributed by atoms with Crippen LogP contribution in [0.2, 0.25) is 5.02 Å². The third kappa shape index (κ3) is 3.53. The van der Waals surface area contributed by atoms with E-state index in [1.54, 1.807) is 30.5 Å². The molecule has 2 aromatic rings. The lowest BCUT2D eigenvalue weighted by Gasteiger charge is -2.29. The van der Waals surface area contributed by atoms with Crippen LogP contribution in [0, 0.1) is 13.8 Å². The monoisotopic (exact) mass is 425 g/mol. The molecule has 1 saturated heterocycles. The first-order chi connectivity index (χ1) is 13.5. The van der Waals surface area contributed by atoms with Gasteiger partial charge in [-0.05, 0) is 55.3 Å². The highest BCUT2D eigenvalue weighted by atomic mass is 35.5. The first-order valence-corrected chi connectivity index (χ1v) is 8.73. The van der Waals surface area contributed by atoms with E-state index < -0.39 is 29.7 Å². The van der Waals surface area contributed by atoms with Crippen molar-refractivity contribution in [3.8, 4) is 0 Å². The molecule has 1 fully saturated rings. The molecule has 0 aliphatic carbocycles. The zero-order valence-electron chi connectivity index (χ0n) is 15.2. The highest BCUT2D eigenvalue weighted by molar-refractivity contribution is 6.31. The summed E-state index contributed by atoms with van der Waals surface area (Å²) in [6.45, 7) is 3.46. The predicted molar refractivity (Wildman–Crippen MR) is 99.6 cm³/mol. The van der Waals surface area contributed by atoms with Gasteiger partial charge in [-0.25, -0.2) is 9.69 Å². The number of hydrogen-bond acceptors (Lipinski definition) is 3. The van der Waals surface area contributed by atoms with Gasteiger partial charge in [-0.3, -0.25) is 14.9 Å². The third-order valence-corrected chi connectivity index (χ3v) is 4.82. The third-order valence-electron chi connectivity index (χ3n) is 4.58. The van der Waals surface area contributed by atoms with Crippen molar-refractivity contribution in [2.45, 2.75) is 25.7 Å². The van der Waals surface area contributed by atoms with Crippen LogP contribution in [0.4, 0.5) is 23.7 Å². The summed E-state index contributed by atoms with van der Waals surface area (Å²) >= 11 is 5.77. The Morgan fingerprint density at radius 3 is 2.38 bits per heavy atom. The molecule has 0 unspecified atom stereocenters. The number of aryl methyl sites for hydroxylation is 2. The molecule has 10 heteroatoms. The molecule has 2 aromatic carbocycles. The summed E-state index contributed by atoms with van der Waals surface area (Å²) in [6.07, 6.45) is -5.30. The van der Waals surface area contributed by atoms with Gasteiger partial charge in [-0.2, -0.15) is 13.2 Å². The Bertz CT molecular complexity index is 1030. The van der Waals surface area contributed by atoms with Crippen LogP contribution in [0.15, 0.2) is 42.5 Å². The van der Waals surface area contributed by atoms with E-state index in [2.05, 4.69) is 0 Å². The Hall–Kier alpha value is -3.07. The van der Waals surface area contributed by atoms with E-state index in [1.165, 1.54) is 30.3 Å². The second-order valence-electron chi connectivity index (χ2n) is 6.55. The molecule has 152 valence electrons. The van der Waals surface area contributed by atoms with Gasteiger partial charge in [0.05, 0.1) is 5.69 Å². The predicted octanol–water partition coefficient (Wildman–Crippen LogP) is 3.70. The number of amides is 4. The van der Waals surface area contributed by atoms with Crippen LogP contribution in [0.3, 0.4) is 0 Å². The Balaban J connectivity index is 2.02. The summed E-state index contributed by atoms with van der Waals surface area (Å²) in [4.78, 5) is 37.9. The fourth-order valence-electron chi connectivity index (χ4n) is 2.85. The minimum absolute atomic E-state index is 0.0428. The van der Waals surface area contributed by atoms with Crippen molar-refractivity contribution in [1.29, 1.82) is 0 Å². The van der Waals surface area contributed by atoms with E-state index >= 15 is 0 Å². The molecule has 1 atom stereocenters. The molecule has 0 saturated carbocycles. The second kappa shape index (κ2) is 7.07. The van der Waals surface area contributed by atoms with Crippen LogP contribution in [-0.2, 0) is 4.79 Å². The zero-order chi connectivity index (χ0) is 21.6. The first-order valence-electron chi connectivity index (χ1n) is 8.35. The van der Waals surface area contributed by atoms with Gasteiger partial charge >= 0.3 is 12.2 Å². The SMILES string of the molecule is Cc1ccc(N2C(=O)N[C@](NC(=O)c3cccc(Cl)c3)(C(F)(F)F)C2=O)cc1C. The highest BCUT2D eigenvalue weighted by Crippen LogP contribution is 2.36. The molecule has 0 aromatic heterocycles. The lowest BCUT2D eigenvalue weighted by molar-refractivity contribution is -0.197. The van der Waals surface area contributed by atoms with E-state index in [-0.39, 0.29) is 16.3 Å². The Kier molecular flexibility index (Phi) is 5.04. The van der Waals surface area contributed by atoms with Crippen LogP contribution in [0.5, 0.6) is 0 Å². The van der Waals surface area contributed by atoms with Crippen molar-refractivity contribution in [1.82, 2.24) is 10.6 Å².